The minimum absolute atomic E-state index is 0.257. The van der Waals surface area contributed by atoms with Crippen LogP contribution in [0.15, 0.2) is 35.7 Å². The van der Waals surface area contributed by atoms with Gasteiger partial charge >= 0.3 is 0 Å². The van der Waals surface area contributed by atoms with Gasteiger partial charge in [-0.2, -0.15) is 0 Å². The topological polar surface area (TPSA) is 47.8 Å². The molecule has 0 atom stereocenters. The molecule has 3 rings (SSSR count). The first-order chi connectivity index (χ1) is 9.62. The molecule has 1 saturated carbocycles. The van der Waals surface area contributed by atoms with Gasteiger partial charge in [-0.1, -0.05) is 35.5 Å². The van der Waals surface area contributed by atoms with E-state index in [1.807, 2.05) is 35.9 Å². The molecule has 6 heteroatoms. The number of rotatable bonds is 5. The van der Waals surface area contributed by atoms with Crippen molar-refractivity contribution >= 4 is 29.1 Å². The number of benzene rings is 1. The second kappa shape index (κ2) is 5.22. The highest BCUT2D eigenvalue weighted by Crippen LogP contribution is 2.49. The molecule has 0 N–H and O–H groups in total. The van der Waals surface area contributed by atoms with Crippen molar-refractivity contribution in [1.82, 2.24) is 14.8 Å². The lowest BCUT2D eigenvalue weighted by Crippen LogP contribution is -2.22. The van der Waals surface area contributed by atoms with Crippen molar-refractivity contribution in [2.75, 3.05) is 5.75 Å². The Morgan fingerprint density at radius 1 is 1.40 bits per heavy atom. The van der Waals surface area contributed by atoms with Crippen LogP contribution in [-0.4, -0.2) is 26.3 Å². The summed E-state index contributed by atoms with van der Waals surface area (Å²) in [4.78, 5) is 12.5. The van der Waals surface area contributed by atoms with Crippen LogP contribution in [0.1, 0.15) is 18.4 Å². The van der Waals surface area contributed by atoms with Gasteiger partial charge in [0.2, 0.25) is 0 Å². The number of aryl methyl sites for hydroxylation is 1. The second-order valence-corrected chi connectivity index (χ2v) is 6.40. The molecule has 0 aliphatic heterocycles. The molecule has 104 valence electrons. The van der Waals surface area contributed by atoms with Crippen molar-refractivity contribution in [3.63, 3.8) is 0 Å². The van der Waals surface area contributed by atoms with E-state index in [1.165, 1.54) is 11.8 Å². The Kier molecular flexibility index (Phi) is 3.56. The molecule has 0 amide bonds. The SMILES string of the molecule is Cn1cnnc1SCC(=O)C1(c2ccc(Cl)cc2)CC1. The summed E-state index contributed by atoms with van der Waals surface area (Å²) in [5.41, 5.74) is 0.779. The van der Waals surface area contributed by atoms with Gasteiger partial charge in [-0.15, -0.1) is 10.2 Å². The molecule has 1 aliphatic carbocycles. The van der Waals surface area contributed by atoms with Crippen LogP contribution in [0, 0.1) is 0 Å². The van der Waals surface area contributed by atoms with Crippen LogP contribution in [0.5, 0.6) is 0 Å². The minimum Gasteiger partial charge on any atom is -0.312 e. The maximum absolute atomic E-state index is 12.5. The summed E-state index contributed by atoms with van der Waals surface area (Å²) in [5, 5.41) is 9.26. The number of aromatic nitrogens is 3. The Labute approximate surface area is 126 Å². The molecule has 1 fully saturated rings. The van der Waals surface area contributed by atoms with Gasteiger partial charge in [0, 0.05) is 12.1 Å². The van der Waals surface area contributed by atoms with E-state index in [0.29, 0.717) is 10.8 Å². The summed E-state index contributed by atoms with van der Waals surface area (Å²) in [6.45, 7) is 0. The Morgan fingerprint density at radius 3 is 2.65 bits per heavy atom. The van der Waals surface area contributed by atoms with Gasteiger partial charge in [-0.05, 0) is 30.5 Å². The predicted octanol–water partition coefficient (Wildman–Crippen LogP) is 2.86. The van der Waals surface area contributed by atoms with Crippen LogP contribution >= 0.6 is 23.4 Å². The molecule has 1 aromatic heterocycles. The van der Waals surface area contributed by atoms with E-state index in [-0.39, 0.29) is 11.2 Å². The van der Waals surface area contributed by atoms with Gasteiger partial charge in [-0.3, -0.25) is 4.79 Å². The Hall–Kier alpha value is -1.33. The van der Waals surface area contributed by atoms with Gasteiger partial charge in [0.25, 0.3) is 0 Å². The lowest BCUT2D eigenvalue weighted by molar-refractivity contribution is -0.118. The average Bonchev–Trinajstić information content (AvgIpc) is 3.15. The highest BCUT2D eigenvalue weighted by molar-refractivity contribution is 7.99. The fourth-order valence-corrected chi connectivity index (χ4v) is 3.31. The Morgan fingerprint density at radius 2 is 2.10 bits per heavy atom. The summed E-state index contributed by atoms with van der Waals surface area (Å²) in [7, 11) is 1.87. The molecule has 20 heavy (non-hydrogen) atoms. The number of hydrogen-bond acceptors (Lipinski definition) is 4. The summed E-state index contributed by atoms with van der Waals surface area (Å²) in [5.74, 6) is 0.683. The van der Waals surface area contributed by atoms with Crippen LogP contribution in [-0.2, 0) is 17.3 Å². The molecule has 0 radical (unpaired) electrons. The fraction of sp³-hybridized carbons (Fsp3) is 0.357. The summed E-state index contributed by atoms with van der Waals surface area (Å²) in [6, 6.07) is 7.61. The molecule has 0 bridgehead atoms. The van der Waals surface area contributed by atoms with Gasteiger partial charge < -0.3 is 4.57 Å². The van der Waals surface area contributed by atoms with Crippen molar-refractivity contribution in [1.29, 1.82) is 0 Å². The molecular weight excluding hydrogens is 294 g/mol. The van der Waals surface area contributed by atoms with Crippen LogP contribution in [0.4, 0.5) is 0 Å². The summed E-state index contributed by atoms with van der Waals surface area (Å²) in [6.07, 6.45) is 3.48. The number of carbonyl (C=O) groups excluding carboxylic acids is 1. The molecular formula is C14H14ClN3OS. The highest BCUT2D eigenvalue weighted by atomic mass is 35.5. The van der Waals surface area contributed by atoms with Gasteiger partial charge in [0.05, 0.1) is 11.2 Å². The fourth-order valence-electron chi connectivity index (χ4n) is 2.29. The Bertz CT molecular complexity index is 634. The van der Waals surface area contributed by atoms with Crippen molar-refractivity contribution in [3.05, 3.63) is 41.2 Å². The largest absolute Gasteiger partial charge is 0.312 e. The quantitative estimate of drug-likeness (QED) is 0.797. The van der Waals surface area contributed by atoms with Gasteiger partial charge in [-0.25, -0.2) is 0 Å². The van der Waals surface area contributed by atoms with Gasteiger partial charge in [0.1, 0.15) is 6.33 Å². The molecule has 0 saturated heterocycles. The van der Waals surface area contributed by atoms with E-state index >= 15 is 0 Å². The first kappa shape index (κ1) is 13.6. The zero-order chi connectivity index (χ0) is 14.2. The van der Waals surface area contributed by atoms with E-state index < -0.39 is 0 Å². The predicted molar refractivity (Wildman–Crippen MR) is 79.1 cm³/mol. The number of thioether (sulfide) groups is 1. The van der Waals surface area contributed by atoms with E-state index in [2.05, 4.69) is 10.2 Å². The number of ketones is 1. The highest BCUT2D eigenvalue weighted by Gasteiger charge is 2.50. The molecule has 1 aromatic carbocycles. The lowest BCUT2D eigenvalue weighted by atomic mass is 9.92. The van der Waals surface area contributed by atoms with E-state index in [1.54, 1.807) is 6.33 Å². The third-order valence-corrected chi connectivity index (χ3v) is 4.97. The molecule has 1 aliphatic rings. The average molecular weight is 308 g/mol. The van der Waals surface area contributed by atoms with Crippen LogP contribution in [0.3, 0.4) is 0 Å². The van der Waals surface area contributed by atoms with Crippen LogP contribution in [0.2, 0.25) is 5.02 Å². The normalized spacial score (nSPS) is 16.1. The lowest BCUT2D eigenvalue weighted by Gasteiger charge is -2.14. The monoisotopic (exact) mass is 307 g/mol. The third-order valence-electron chi connectivity index (χ3n) is 3.68. The standard InChI is InChI=1S/C14H14ClN3OS/c1-18-9-16-17-13(18)20-8-12(19)14(6-7-14)10-2-4-11(15)5-3-10/h2-5,9H,6-8H2,1H3. The van der Waals surface area contributed by atoms with E-state index in [4.69, 9.17) is 11.6 Å². The third kappa shape index (κ3) is 2.47. The summed E-state index contributed by atoms with van der Waals surface area (Å²) >= 11 is 7.34. The van der Waals surface area contributed by atoms with E-state index in [0.717, 1.165) is 23.6 Å². The van der Waals surface area contributed by atoms with Crippen molar-refractivity contribution in [3.8, 4) is 0 Å². The number of hydrogen-bond donors (Lipinski definition) is 0. The number of nitrogens with zero attached hydrogens (tertiary/aromatic N) is 3. The molecule has 0 spiro atoms. The Balaban J connectivity index is 1.70. The molecule has 1 heterocycles. The minimum atomic E-state index is -0.295. The maximum atomic E-state index is 12.5. The molecule has 2 aromatic rings. The summed E-state index contributed by atoms with van der Waals surface area (Å²) < 4.78 is 1.82. The second-order valence-electron chi connectivity index (χ2n) is 5.03. The first-order valence-corrected chi connectivity index (χ1v) is 7.74. The molecule has 0 unspecified atom stereocenters. The number of halogens is 1. The van der Waals surface area contributed by atoms with Crippen LogP contribution in [0.25, 0.3) is 0 Å². The zero-order valence-electron chi connectivity index (χ0n) is 11.0. The maximum Gasteiger partial charge on any atom is 0.191 e. The van der Waals surface area contributed by atoms with Crippen molar-refractivity contribution < 1.29 is 4.79 Å². The van der Waals surface area contributed by atoms with E-state index in [9.17, 15) is 4.79 Å². The molecule has 4 nitrogen and oxygen atoms in total. The smallest absolute Gasteiger partial charge is 0.191 e. The van der Waals surface area contributed by atoms with Crippen molar-refractivity contribution in [2.24, 2.45) is 7.05 Å². The zero-order valence-corrected chi connectivity index (χ0v) is 12.6. The number of Topliss-reactive ketones (excluding diaryl/α,β-unsaturated/α-hetero) is 1. The first-order valence-electron chi connectivity index (χ1n) is 6.38. The van der Waals surface area contributed by atoms with Crippen LogP contribution < -0.4 is 0 Å². The number of carbonyl (C=O) groups is 1. The van der Waals surface area contributed by atoms with Gasteiger partial charge in [0.15, 0.2) is 10.9 Å². The van der Waals surface area contributed by atoms with Crippen molar-refractivity contribution in [2.45, 2.75) is 23.4 Å².